The maximum Gasteiger partial charge on any atom is 0.0441 e. The van der Waals surface area contributed by atoms with Gasteiger partial charge in [-0.15, -0.1) is 6.58 Å². The summed E-state index contributed by atoms with van der Waals surface area (Å²) in [7, 11) is 0. The lowest BCUT2D eigenvalue weighted by atomic mass is 10.0. The Morgan fingerprint density at radius 1 is 1.57 bits per heavy atom. The van der Waals surface area contributed by atoms with E-state index in [2.05, 4.69) is 12.6 Å². The van der Waals surface area contributed by atoms with E-state index in [1.807, 2.05) is 25.1 Å². The van der Waals surface area contributed by atoms with E-state index in [4.69, 9.17) is 17.3 Å². The molecule has 1 atom stereocenters. The Labute approximate surface area is 90.6 Å². The van der Waals surface area contributed by atoms with Crippen molar-refractivity contribution >= 4 is 11.6 Å². The van der Waals surface area contributed by atoms with Gasteiger partial charge in [-0.25, -0.2) is 0 Å². The van der Waals surface area contributed by atoms with Gasteiger partial charge in [-0.05, 0) is 37.0 Å². The van der Waals surface area contributed by atoms with Crippen LogP contribution >= 0.6 is 11.6 Å². The minimum absolute atomic E-state index is 0.118. The molecule has 0 heterocycles. The number of rotatable bonds is 4. The Balaban J connectivity index is 2.71. The average Bonchev–Trinajstić information content (AvgIpc) is 2.10. The van der Waals surface area contributed by atoms with E-state index in [-0.39, 0.29) is 6.04 Å². The van der Waals surface area contributed by atoms with Crippen LogP contribution in [0, 0.1) is 6.92 Å². The molecule has 1 rings (SSSR count). The third-order valence-electron chi connectivity index (χ3n) is 2.16. The molecular weight excluding hydrogens is 194 g/mol. The van der Waals surface area contributed by atoms with Crippen molar-refractivity contribution in [1.82, 2.24) is 0 Å². The Hall–Kier alpha value is -0.790. The molecule has 0 saturated heterocycles. The van der Waals surface area contributed by atoms with Crippen molar-refractivity contribution in [3.8, 4) is 0 Å². The Kier molecular flexibility index (Phi) is 4.18. The first-order chi connectivity index (χ1) is 6.63. The van der Waals surface area contributed by atoms with Crippen LogP contribution in [0.5, 0.6) is 0 Å². The molecule has 1 aromatic carbocycles. The molecule has 0 bridgehead atoms. The zero-order valence-corrected chi connectivity index (χ0v) is 9.22. The maximum absolute atomic E-state index is 6.09. The minimum Gasteiger partial charge on any atom is -0.327 e. The number of aryl methyl sites for hydroxylation is 1. The molecule has 0 aliphatic carbocycles. The highest BCUT2D eigenvalue weighted by molar-refractivity contribution is 6.31. The van der Waals surface area contributed by atoms with E-state index in [1.54, 1.807) is 0 Å². The first-order valence-corrected chi connectivity index (χ1v) is 5.12. The summed E-state index contributed by atoms with van der Waals surface area (Å²) in [6.45, 7) is 5.69. The monoisotopic (exact) mass is 209 g/mol. The van der Waals surface area contributed by atoms with Crippen LogP contribution in [0.1, 0.15) is 17.5 Å². The Morgan fingerprint density at radius 2 is 2.29 bits per heavy atom. The molecule has 0 spiro atoms. The molecule has 0 amide bonds. The van der Waals surface area contributed by atoms with E-state index in [9.17, 15) is 0 Å². The quantitative estimate of drug-likeness (QED) is 0.758. The molecule has 0 aromatic heterocycles. The van der Waals surface area contributed by atoms with Gasteiger partial charge in [-0.2, -0.15) is 0 Å². The van der Waals surface area contributed by atoms with Gasteiger partial charge < -0.3 is 5.73 Å². The third kappa shape index (κ3) is 3.17. The molecule has 0 aliphatic heterocycles. The topological polar surface area (TPSA) is 26.0 Å². The van der Waals surface area contributed by atoms with E-state index in [0.29, 0.717) is 0 Å². The summed E-state index contributed by atoms with van der Waals surface area (Å²) in [5.41, 5.74) is 8.19. The van der Waals surface area contributed by atoms with Crippen molar-refractivity contribution < 1.29 is 0 Å². The van der Waals surface area contributed by atoms with Crippen molar-refractivity contribution in [1.29, 1.82) is 0 Å². The first kappa shape index (κ1) is 11.3. The van der Waals surface area contributed by atoms with Crippen molar-refractivity contribution in [2.24, 2.45) is 5.73 Å². The smallest absolute Gasteiger partial charge is 0.0441 e. The Morgan fingerprint density at radius 3 is 2.86 bits per heavy atom. The second-order valence-electron chi connectivity index (χ2n) is 3.58. The van der Waals surface area contributed by atoms with Gasteiger partial charge in [0.15, 0.2) is 0 Å². The van der Waals surface area contributed by atoms with Crippen molar-refractivity contribution in [2.75, 3.05) is 0 Å². The van der Waals surface area contributed by atoms with E-state index in [0.717, 1.165) is 23.4 Å². The SMILES string of the molecule is C=CCC(N)Cc1ccc(C)cc1Cl. The summed E-state index contributed by atoms with van der Waals surface area (Å²) in [4.78, 5) is 0. The number of benzene rings is 1. The predicted octanol–water partition coefficient (Wildman–Crippen LogP) is 3.09. The first-order valence-electron chi connectivity index (χ1n) is 4.75. The second kappa shape index (κ2) is 5.18. The molecule has 1 nitrogen and oxygen atoms in total. The minimum atomic E-state index is 0.118. The largest absolute Gasteiger partial charge is 0.327 e. The average molecular weight is 210 g/mol. The van der Waals surface area contributed by atoms with Crippen LogP contribution in [-0.4, -0.2) is 6.04 Å². The standard InChI is InChI=1S/C12H16ClN/c1-3-4-11(14)8-10-6-5-9(2)7-12(10)13/h3,5-7,11H,1,4,8,14H2,2H3. The summed E-state index contributed by atoms with van der Waals surface area (Å²) < 4.78 is 0. The highest BCUT2D eigenvalue weighted by Crippen LogP contribution is 2.19. The van der Waals surface area contributed by atoms with E-state index >= 15 is 0 Å². The highest BCUT2D eigenvalue weighted by Gasteiger charge is 2.05. The number of hydrogen-bond donors (Lipinski definition) is 1. The van der Waals surface area contributed by atoms with Crippen LogP contribution in [0.4, 0.5) is 0 Å². The molecule has 1 unspecified atom stereocenters. The van der Waals surface area contributed by atoms with Gasteiger partial charge in [0, 0.05) is 11.1 Å². The molecule has 14 heavy (non-hydrogen) atoms. The fourth-order valence-corrected chi connectivity index (χ4v) is 1.71. The van der Waals surface area contributed by atoms with Gasteiger partial charge in [0.05, 0.1) is 0 Å². The zero-order valence-electron chi connectivity index (χ0n) is 8.46. The zero-order chi connectivity index (χ0) is 10.6. The van der Waals surface area contributed by atoms with Gasteiger partial charge in [-0.3, -0.25) is 0 Å². The molecule has 0 saturated carbocycles. The molecule has 1 aromatic rings. The number of hydrogen-bond acceptors (Lipinski definition) is 1. The molecule has 0 aliphatic rings. The molecule has 76 valence electrons. The van der Waals surface area contributed by atoms with Crippen LogP contribution in [0.3, 0.4) is 0 Å². The Bertz CT molecular complexity index is 320. The van der Waals surface area contributed by atoms with Crippen LogP contribution in [-0.2, 0) is 6.42 Å². The fourth-order valence-electron chi connectivity index (χ4n) is 1.40. The number of halogens is 1. The molecule has 0 radical (unpaired) electrons. The maximum atomic E-state index is 6.09. The second-order valence-corrected chi connectivity index (χ2v) is 3.99. The lowest BCUT2D eigenvalue weighted by Gasteiger charge is -2.10. The summed E-state index contributed by atoms with van der Waals surface area (Å²) in [5.74, 6) is 0. The van der Waals surface area contributed by atoms with Crippen molar-refractivity contribution in [3.63, 3.8) is 0 Å². The van der Waals surface area contributed by atoms with Gasteiger partial charge in [0.1, 0.15) is 0 Å². The highest BCUT2D eigenvalue weighted by atomic mass is 35.5. The van der Waals surface area contributed by atoms with Gasteiger partial charge in [-0.1, -0.05) is 29.8 Å². The van der Waals surface area contributed by atoms with Gasteiger partial charge in [0.2, 0.25) is 0 Å². The third-order valence-corrected chi connectivity index (χ3v) is 2.51. The summed E-state index contributed by atoms with van der Waals surface area (Å²) in [5, 5.41) is 0.810. The van der Waals surface area contributed by atoms with Crippen LogP contribution < -0.4 is 5.73 Å². The van der Waals surface area contributed by atoms with Crippen LogP contribution in [0.15, 0.2) is 30.9 Å². The molecule has 2 heteroatoms. The molecule has 2 N–H and O–H groups in total. The summed E-state index contributed by atoms with van der Waals surface area (Å²) in [6, 6.07) is 6.19. The fraction of sp³-hybridized carbons (Fsp3) is 0.333. The van der Waals surface area contributed by atoms with Gasteiger partial charge >= 0.3 is 0 Å². The van der Waals surface area contributed by atoms with E-state index < -0.39 is 0 Å². The van der Waals surface area contributed by atoms with Gasteiger partial charge in [0.25, 0.3) is 0 Å². The molecule has 0 fully saturated rings. The summed E-state index contributed by atoms with van der Waals surface area (Å²) >= 11 is 6.09. The van der Waals surface area contributed by atoms with E-state index in [1.165, 1.54) is 5.56 Å². The summed E-state index contributed by atoms with van der Waals surface area (Å²) in [6.07, 6.45) is 3.47. The number of nitrogens with two attached hydrogens (primary N) is 1. The lowest BCUT2D eigenvalue weighted by Crippen LogP contribution is -2.21. The van der Waals surface area contributed by atoms with Crippen molar-refractivity contribution in [3.05, 3.63) is 47.0 Å². The molecular formula is C12H16ClN. The van der Waals surface area contributed by atoms with Crippen molar-refractivity contribution in [2.45, 2.75) is 25.8 Å². The predicted molar refractivity (Wildman–Crippen MR) is 62.7 cm³/mol. The lowest BCUT2D eigenvalue weighted by molar-refractivity contribution is 0.679. The van der Waals surface area contributed by atoms with Crippen LogP contribution in [0.2, 0.25) is 5.02 Å². The normalized spacial score (nSPS) is 12.5. The van der Waals surface area contributed by atoms with Crippen LogP contribution in [0.25, 0.3) is 0 Å².